The molecular formula is C19H25NO5. The van der Waals surface area contributed by atoms with Crippen molar-refractivity contribution in [1.29, 1.82) is 0 Å². The molecule has 1 aliphatic heterocycles. The molecule has 0 aromatic heterocycles. The molecule has 0 bridgehead atoms. The van der Waals surface area contributed by atoms with Gasteiger partial charge in [0, 0.05) is 12.6 Å². The average molecular weight is 347 g/mol. The van der Waals surface area contributed by atoms with Gasteiger partial charge in [-0.15, -0.1) is 0 Å². The number of benzene rings is 1. The molecule has 25 heavy (non-hydrogen) atoms. The van der Waals surface area contributed by atoms with Crippen LogP contribution in [0.4, 0.5) is 0 Å². The van der Waals surface area contributed by atoms with Crippen LogP contribution in [-0.4, -0.2) is 54.4 Å². The summed E-state index contributed by atoms with van der Waals surface area (Å²) >= 11 is 0. The summed E-state index contributed by atoms with van der Waals surface area (Å²) in [4.78, 5) is 25.9. The molecule has 0 spiro atoms. The number of aliphatic hydroxyl groups is 1. The van der Waals surface area contributed by atoms with Crippen molar-refractivity contribution in [3.63, 3.8) is 0 Å². The van der Waals surface area contributed by atoms with Gasteiger partial charge in [-0.2, -0.15) is 0 Å². The van der Waals surface area contributed by atoms with E-state index in [0.29, 0.717) is 24.4 Å². The Hall–Kier alpha value is -1.92. The van der Waals surface area contributed by atoms with Gasteiger partial charge in [-0.05, 0) is 49.3 Å². The number of aliphatic hydroxyl groups excluding tert-OH is 1. The number of rotatable bonds is 4. The lowest BCUT2D eigenvalue weighted by Crippen LogP contribution is -2.44. The fraction of sp³-hybridized carbons (Fsp3) is 0.579. The Bertz CT molecular complexity index is 629. The Balaban J connectivity index is 1.79. The summed E-state index contributed by atoms with van der Waals surface area (Å²) in [5.41, 5.74) is 1.52. The van der Waals surface area contributed by atoms with Gasteiger partial charge in [-0.1, -0.05) is 12.1 Å². The summed E-state index contributed by atoms with van der Waals surface area (Å²) in [6, 6.07) is 7.15. The highest BCUT2D eigenvalue weighted by Gasteiger charge is 2.47. The zero-order valence-electron chi connectivity index (χ0n) is 14.7. The summed E-state index contributed by atoms with van der Waals surface area (Å²) in [7, 11) is 2.78. The minimum absolute atomic E-state index is 0.188. The second-order valence-corrected chi connectivity index (χ2v) is 6.93. The summed E-state index contributed by atoms with van der Waals surface area (Å²) in [5, 5.41) is 10.1. The topological polar surface area (TPSA) is 76.1 Å². The molecule has 6 nitrogen and oxygen atoms in total. The maximum absolute atomic E-state index is 12.2. The van der Waals surface area contributed by atoms with E-state index in [-0.39, 0.29) is 30.1 Å². The molecule has 6 heteroatoms. The summed E-state index contributed by atoms with van der Waals surface area (Å²) in [5.74, 6) is -0.160. The number of likely N-dealkylation sites (tertiary alicyclic amines) is 1. The second-order valence-electron chi connectivity index (χ2n) is 6.93. The highest BCUT2D eigenvalue weighted by Crippen LogP contribution is 2.41. The first kappa shape index (κ1) is 17.9. The molecule has 0 radical (unpaired) electrons. The van der Waals surface area contributed by atoms with Crippen molar-refractivity contribution in [2.24, 2.45) is 5.92 Å². The first-order chi connectivity index (χ1) is 12.0. The molecule has 2 aliphatic rings. The minimum Gasteiger partial charge on any atom is -0.468 e. The zero-order valence-corrected chi connectivity index (χ0v) is 14.7. The Kier molecular flexibility index (Phi) is 5.39. The zero-order chi connectivity index (χ0) is 18.0. The summed E-state index contributed by atoms with van der Waals surface area (Å²) in [6.45, 7) is 0.592. The number of fused-ring (bicyclic) bond motifs is 1. The molecule has 1 heterocycles. The van der Waals surface area contributed by atoms with Crippen molar-refractivity contribution in [2.45, 2.75) is 50.4 Å². The molecule has 3 rings (SSSR count). The van der Waals surface area contributed by atoms with Crippen molar-refractivity contribution in [3.05, 3.63) is 35.4 Å². The summed E-state index contributed by atoms with van der Waals surface area (Å²) < 4.78 is 9.71. The number of carbonyl (C=O) groups is 2. The van der Waals surface area contributed by atoms with E-state index in [1.807, 2.05) is 12.1 Å². The molecule has 136 valence electrons. The van der Waals surface area contributed by atoms with Gasteiger partial charge in [0.15, 0.2) is 0 Å². The van der Waals surface area contributed by atoms with E-state index in [1.54, 1.807) is 12.1 Å². The van der Waals surface area contributed by atoms with Gasteiger partial charge in [-0.25, -0.2) is 4.79 Å². The largest absolute Gasteiger partial charge is 0.468 e. The van der Waals surface area contributed by atoms with E-state index >= 15 is 0 Å². The third-order valence-corrected chi connectivity index (χ3v) is 5.49. The van der Waals surface area contributed by atoms with Gasteiger partial charge in [0.2, 0.25) is 0 Å². The molecule has 1 saturated carbocycles. The molecule has 2 fully saturated rings. The van der Waals surface area contributed by atoms with E-state index < -0.39 is 0 Å². The summed E-state index contributed by atoms with van der Waals surface area (Å²) in [6.07, 6.45) is 2.91. The van der Waals surface area contributed by atoms with Crippen molar-refractivity contribution in [1.82, 2.24) is 4.90 Å². The maximum atomic E-state index is 12.2. The van der Waals surface area contributed by atoms with Crippen molar-refractivity contribution in [3.8, 4) is 0 Å². The van der Waals surface area contributed by atoms with Crippen LogP contribution in [0.1, 0.15) is 41.6 Å². The first-order valence-electron chi connectivity index (χ1n) is 8.72. The SMILES string of the molecule is COC(=O)c1ccc(CN2[C@@H]3C[C@H](O)CC[C@@H]3C[C@H]2C(=O)OC)cc1. The number of ether oxygens (including phenoxy) is 2. The predicted octanol–water partition coefficient (Wildman–Crippen LogP) is 1.75. The molecule has 4 atom stereocenters. The predicted molar refractivity (Wildman–Crippen MR) is 90.9 cm³/mol. The van der Waals surface area contributed by atoms with Crippen LogP contribution >= 0.6 is 0 Å². The number of carbonyl (C=O) groups excluding carboxylic acids is 2. The quantitative estimate of drug-likeness (QED) is 0.837. The number of esters is 2. The van der Waals surface area contributed by atoms with Crippen molar-refractivity contribution < 1.29 is 24.2 Å². The fourth-order valence-electron chi connectivity index (χ4n) is 4.19. The molecule has 1 aromatic rings. The minimum atomic E-state index is -0.365. The lowest BCUT2D eigenvalue weighted by Gasteiger charge is -2.35. The van der Waals surface area contributed by atoms with Crippen LogP contribution in [-0.2, 0) is 20.8 Å². The first-order valence-corrected chi connectivity index (χ1v) is 8.72. The fourth-order valence-corrected chi connectivity index (χ4v) is 4.19. The van der Waals surface area contributed by atoms with Crippen LogP contribution in [0.5, 0.6) is 0 Å². The molecule has 0 amide bonds. The molecule has 1 aromatic carbocycles. The van der Waals surface area contributed by atoms with Crippen LogP contribution in [0.25, 0.3) is 0 Å². The number of methoxy groups -OCH3 is 2. The molecular weight excluding hydrogens is 322 g/mol. The van der Waals surface area contributed by atoms with E-state index in [1.165, 1.54) is 14.2 Å². The van der Waals surface area contributed by atoms with E-state index in [4.69, 9.17) is 9.47 Å². The number of hydrogen-bond acceptors (Lipinski definition) is 6. The molecule has 1 saturated heterocycles. The highest BCUT2D eigenvalue weighted by molar-refractivity contribution is 5.89. The molecule has 1 aliphatic carbocycles. The van der Waals surface area contributed by atoms with E-state index in [9.17, 15) is 14.7 Å². The highest BCUT2D eigenvalue weighted by atomic mass is 16.5. The Morgan fingerprint density at radius 2 is 1.84 bits per heavy atom. The van der Waals surface area contributed by atoms with Gasteiger partial charge in [-0.3, -0.25) is 9.69 Å². The van der Waals surface area contributed by atoms with Crippen molar-refractivity contribution >= 4 is 11.9 Å². The van der Waals surface area contributed by atoms with Crippen LogP contribution in [0.2, 0.25) is 0 Å². The van der Waals surface area contributed by atoms with Crippen LogP contribution in [0.15, 0.2) is 24.3 Å². The standard InChI is InChI=1S/C19H25NO5/c1-24-18(22)13-5-3-12(4-6-13)11-20-16-10-15(21)8-7-14(16)9-17(20)19(23)25-2/h3-6,14-17,21H,7-11H2,1-2H3/t14-,15-,16-,17+/m1/s1. The van der Waals surface area contributed by atoms with Gasteiger partial charge < -0.3 is 14.6 Å². The van der Waals surface area contributed by atoms with Crippen LogP contribution in [0, 0.1) is 5.92 Å². The lowest BCUT2D eigenvalue weighted by atomic mass is 9.83. The van der Waals surface area contributed by atoms with Gasteiger partial charge in [0.1, 0.15) is 6.04 Å². The van der Waals surface area contributed by atoms with Crippen molar-refractivity contribution in [2.75, 3.05) is 14.2 Å². The second kappa shape index (κ2) is 7.54. The third kappa shape index (κ3) is 3.70. The van der Waals surface area contributed by atoms with E-state index in [2.05, 4.69) is 4.90 Å². The van der Waals surface area contributed by atoms with E-state index in [0.717, 1.165) is 24.8 Å². The Labute approximate surface area is 147 Å². The van der Waals surface area contributed by atoms with Crippen LogP contribution < -0.4 is 0 Å². The lowest BCUT2D eigenvalue weighted by molar-refractivity contribution is -0.146. The molecule has 0 unspecified atom stereocenters. The average Bonchev–Trinajstić information content (AvgIpc) is 2.98. The van der Waals surface area contributed by atoms with Gasteiger partial charge >= 0.3 is 11.9 Å². The smallest absolute Gasteiger partial charge is 0.337 e. The maximum Gasteiger partial charge on any atom is 0.337 e. The van der Waals surface area contributed by atoms with Crippen LogP contribution in [0.3, 0.4) is 0 Å². The molecule has 1 N–H and O–H groups in total. The van der Waals surface area contributed by atoms with Gasteiger partial charge in [0.05, 0.1) is 25.9 Å². The van der Waals surface area contributed by atoms with Gasteiger partial charge in [0.25, 0.3) is 0 Å². The monoisotopic (exact) mass is 347 g/mol. The Morgan fingerprint density at radius 3 is 2.48 bits per heavy atom. The third-order valence-electron chi connectivity index (χ3n) is 5.49. The number of hydrogen-bond donors (Lipinski definition) is 1. The normalized spacial score (nSPS) is 29.1. The Morgan fingerprint density at radius 1 is 1.12 bits per heavy atom. The number of nitrogens with zero attached hydrogens (tertiary/aromatic N) is 1.